The van der Waals surface area contributed by atoms with Crippen LogP contribution in [0.1, 0.15) is 33.6 Å². The molecule has 2 heterocycles. The van der Waals surface area contributed by atoms with E-state index in [4.69, 9.17) is 0 Å². The van der Waals surface area contributed by atoms with E-state index < -0.39 is 0 Å². The van der Waals surface area contributed by atoms with Crippen LogP contribution in [0.25, 0.3) is 11.3 Å². The van der Waals surface area contributed by atoms with E-state index in [1.165, 1.54) is 16.2 Å². The molecule has 1 aliphatic rings. The predicted molar refractivity (Wildman–Crippen MR) is 115 cm³/mol. The summed E-state index contributed by atoms with van der Waals surface area (Å²) in [6.45, 7) is 0.199. The van der Waals surface area contributed by atoms with Gasteiger partial charge in [-0.1, -0.05) is 46.3 Å². The third kappa shape index (κ3) is 4.13. The zero-order valence-electron chi connectivity index (χ0n) is 15.2. The van der Waals surface area contributed by atoms with Crippen LogP contribution in [0.5, 0.6) is 0 Å². The summed E-state index contributed by atoms with van der Waals surface area (Å²) >= 11 is 4.67. The maximum absolute atomic E-state index is 12.4. The molecule has 1 aliphatic heterocycles. The first-order valence-electron chi connectivity index (χ1n) is 8.99. The van der Waals surface area contributed by atoms with Gasteiger partial charge >= 0.3 is 0 Å². The van der Waals surface area contributed by atoms with Crippen molar-refractivity contribution in [3.05, 3.63) is 69.5 Å². The summed E-state index contributed by atoms with van der Waals surface area (Å²) in [5.41, 5.74) is 2.59. The Balaban J connectivity index is 1.30. The SMILES string of the molecule is O=C(CCCN1C(=O)c2ccc(Br)cc2C1=O)Nc1nc(-c2ccccc2)cs1. The highest BCUT2D eigenvalue weighted by molar-refractivity contribution is 9.10. The monoisotopic (exact) mass is 469 g/mol. The molecule has 3 aromatic rings. The van der Waals surface area contributed by atoms with Gasteiger partial charge in [0.15, 0.2) is 5.13 Å². The second kappa shape index (κ2) is 8.26. The smallest absolute Gasteiger partial charge is 0.261 e. The average Bonchev–Trinajstić information content (AvgIpc) is 3.27. The number of anilines is 1. The molecule has 0 aliphatic carbocycles. The van der Waals surface area contributed by atoms with Crippen LogP contribution in [0.15, 0.2) is 58.4 Å². The number of aromatic nitrogens is 1. The van der Waals surface area contributed by atoms with Gasteiger partial charge in [-0.2, -0.15) is 0 Å². The fourth-order valence-electron chi connectivity index (χ4n) is 3.12. The number of amides is 3. The van der Waals surface area contributed by atoms with Crippen LogP contribution in [-0.2, 0) is 4.79 Å². The third-order valence-electron chi connectivity index (χ3n) is 4.54. The maximum atomic E-state index is 12.4. The standard InChI is InChI=1S/C21H16BrN3O3S/c22-14-8-9-15-16(11-14)20(28)25(19(15)27)10-4-7-18(26)24-21-23-17(12-29-21)13-5-2-1-3-6-13/h1-3,5-6,8-9,11-12H,4,7,10H2,(H,23,24,26). The second-order valence-electron chi connectivity index (χ2n) is 6.51. The molecule has 0 saturated carbocycles. The fourth-order valence-corrected chi connectivity index (χ4v) is 4.22. The van der Waals surface area contributed by atoms with E-state index in [1.807, 2.05) is 35.7 Å². The highest BCUT2D eigenvalue weighted by Crippen LogP contribution is 2.27. The minimum Gasteiger partial charge on any atom is -0.302 e. The zero-order valence-corrected chi connectivity index (χ0v) is 17.6. The molecule has 0 atom stereocenters. The summed E-state index contributed by atoms with van der Waals surface area (Å²) in [6.07, 6.45) is 0.576. The Morgan fingerprint density at radius 2 is 1.83 bits per heavy atom. The minimum absolute atomic E-state index is 0.192. The number of nitrogens with zero attached hydrogens (tertiary/aromatic N) is 2. The van der Waals surface area contributed by atoms with E-state index in [1.54, 1.807) is 18.2 Å². The summed E-state index contributed by atoms with van der Waals surface area (Å²) in [5, 5.41) is 5.20. The molecule has 1 N–H and O–H groups in total. The summed E-state index contributed by atoms with van der Waals surface area (Å²) in [7, 11) is 0. The first-order valence-corrected chi connectivity index (χ1v) is 10.7. The van der Waals surface area contributed by atoms with Gasteiger partial charge in [-0.15, -0.1) is 11.3 Å². The number of imide groups is 1. The molecule has 29 heavy (non-hydrogen) atoms. The van der Waals surface area contributed by atoms with Crippen LogP contribution >= 0.6 is 27.3 Å². The molecule has 0 radical (unpaired) electrons. The number of nitrogens with one attached hydrogen (secondary N) is 1. The van der Waals surface area contributed by atoms with Gasteiger partial charge in [0, 0.05) is 28.4 Å². The van der Waals surface area contributed by atoms with Crippen LogP contribution in [0.2, 0.25) is 0 Å². The molecule has 0 unspecified atom stereocenters. The Hall–Kier alpha value is -2.84. The Morgan fingerprint density at radius 1 is 1.07 bits per heavy atom. The highest BCUT2D eigenvalue weighted by Gasteiger charge is 2.35. The molecule has 3 amide bonds. The molecule has 146 valence electrons. The molecule has 1 aromatic heterocycles. The van der Waals surface area contributed by atoms with Crippen molar-refractivity contribution < 1.29 is 14.4 Å². The lowest BCUT2D eigenvalue weighted by Gasteiger charge is -2.13. The molecule has 2 aromatic carbocycles. The topological polar surface area (TPSA) is 79.4 Å². The number of halogens is 1. The van der Waals surface area contributed by atoms with Gasteiger partial charge in [-0.25, -0.2) is 4.98 Å². The normalized spacial score (nSPS) is 12.9. The first kappa shape index (κ1) is 19.5. The first-order chi connectivity index (χ1) is 14.0. The lowest BCUT2D eigenvalue weighted by molar-refractivity contribution is -0.116. The number of benzene rings is 2. The molecule has 0 saturated heterocycles. The summed E-state index contributed by atoms with van der Waals surface area (Å²) in [6, 6.07) is 14.7. The Bertz CT molecular complexity index is 1100. The van der Waals surface area contributed by atoms with E-state index >= 15 is 0 Å². The lowest BCUT2D eigenvalue weighted by atomic mass is 10.1. The molecular weight excluding hydrogens is 454 g/mol. The summed E-state index contributed by atoms with van der Waals surface area (Å²) < 4.78 is 0.747. The number of thiazole rings is 1. The zero-order chi connectivity index (χ0) is 20.4. The van der Waals surface area contributed by atoms with E-state index in [0.29, 0.717) is 22.7 Å². The summed E-state index contributed by atoms with van der Waals surface area (Å²) in [5.74, 6) is -0.831. The largest absolute Gasteiger partial charge is 0.302 e. The van der Waals surface area contributed by atoms with E-state index in [2.05, 4.69) is 26.2 Å². The van der Waals surface area contributed by atoms with E-state index in [9.17, 15) is 14.4 Å². The Labute approximate surface area is 179 Å². The fraction of sp³-hybridized carbons (Fsp3) is 0.143. The van der Waals surface area contributed by atoms with Gasteiger partial charge < -0.3 is 5.32 Å². The molecule has 6 nitrogen and oxygen atoms in total. The van der Waals surface area contributed by atoms with Crippen molar-refractivity contribution in [3.63, 3.8) is 0 Å². The molecule has 4 rings (SSSR count). The van der Waals surface area contributed by atoms with Crippen molar-refractivity contribution in [2.24, 2.45) is 0 Å². The van der Waals surface area contributed by atoms with Gasteiger partial charge in [-0.3, -0.25) is 19.3 Å². The Kier molecular flexibility index (Phi) is 5.55. The average molecular weight is 470 g/mol. The number of rotatable bonds is 6. The van der Waals surface area contributed by atoms with Gasteiger partial charge in [0.25, 0.3) is 11.8 Å². The van der Waals surface area contributed by atoms with Crippen molar-refractivity contribution in [3.8, 4) is 11.3 Å². The Morgan fingerprint density at radius 3 is 2.62 bits per heavy atom. The van der Waals surface area contributed by atoms with Crippen LogP contribution in [-0.4, -0.2) is 34.2 Å². The predicted octanol–water partition coefficient (Wildman–Crippen LogP) is 4.59. The summed E-state index contributed by atoms with van der Waals surface area (Å²) in [4.78, 5) is 42.7. The number of carbonyl (C=O) groups excluding carboxylic acids is 3. The van der Waals surface area contributed by atoms with Gasteiger partial charge in [0.1, 0.15) is 0 Å². The van der Waals surface area contributed by atoms with E-state index in [-0.39, 0.29) is 30.7 Å². The molecule has 0 spiro atoms. The van der Waals surface area contributed by atoms with Gasteiger partial charge in [-0.05, 0) is 24.6 Å². The number of hydrogen-bond acceptors (Lipinski definition) is 5. The molecular formula is C21H16BrN3O3S. The second-order valence-corrected chi connectivity index (χ2v) is 8.28. The van der Waals surface area contributed by atoms with Crippen LogP contribution < -0.4 is 5.32 Å². The molecule has 0 bridgehead atoms. The van der Waals surface area contributed by atoms with Crippen molar-refractivity contribution >= 4 is 50.1 Å². The van der Waals surface area contributed by atoms with Crippen molar-refractivity contribution in [1.29, 1.82) is 0 Å². The van der Waals surface area contributed by atoms with Crippen LogP contribution in [0.4, 0.5) is 5.13 Å². The number of carbonyl (C=O) groups is 3. The quantitative estimate of drug-likeness (QED) is 0.535. The van der Waals surface area contributed by atoms with Crippen molar-refractivity contribution in [2.45, 2.75) is 12.8 Å². The van der Waals surface area contributed by atoms with Crippen molar-refractivity contribution in [2.75, 3.05) is 11.9 Å². The molecule has 0 fully saturated rings. The highest BCUT2D eigenvalue weighted by atomic mass is 79.9. The van der Waals surface area contributed by atoms with Crippen LogP contribution in [0, 0.1) is 0 Å². The van der Waals surface area contributed by atoms with Gasteiger partial charge in [0.05, 0.1) is 16.8 Å². The minimum atomic E-state index is -0.320. The maximum Gasteiger partial charge on any atom is 0.261 e. The lowest BCUT2D eigenvalue weighted by Crippen LogP contribution is -2.31. The number of fused-ring (bicyclic) bond motifs is 1. The van der Waals surface area contributed by atoms with Gasteiger partial charge in [0.2, 0.25) is 5.91 Å². The van der Waals surface area contributed by atoms with Crippen molar-refractivity contribution in [1.82, 2.24) is 9.88 Å². The number of hydrogen-bond donors (Lipinski definition) is 1. The van der Waals surface area contributed by atoms with Crippen LogP contribution in [0.3, 0.4) is 0 Å². The third-order valence-corrected chi connectivity index (χ3v) is 5.79. The molecule has 8 heteroatoms. The van der Waals surface area contributed by atoms with E-state index in [0.717, 1.165) is 15.7 Å².